The summed E-state index contributed by atoms with van der Waals surface area (Å²) in [6.45, 7) is 8.04. The Kier molecular flexibility index (Phi) is 4.19. The van der Waals surface area contributed by atoms with Crippen molar-refractivity contribution in [1.29, 1.82) is 0 Å². The van der Waals surface area contributed by atoms with Crippen molar-refractivity contribution in [3.8, 4) is 5.88 Å². The van der Waals surface area contributed by atoms with Crippen LogP contribution in [0, 0.1) is 6.92 Å². The third-order valence-corrected chi connectivity index (χ3v) is 2.99. The zero-order valence-electron chi connectivity index (χ0n) is 11.7. The Bertz CT molecular complexity index is 439. The molecule has 0 saturated carbocycles. The van der Waals surface area contributed by atoms with E-state index in [1.165, 1.54) is 0 Å². The maximum atomic E-state index is 14.2. The van der Waals surface area contributed by atoms with E-state index in [4.69, 9.17) is 4.74 Å². The van der Waals surface area contributed by atoms with E-state index < -0.39 is 5.67 Å². The topological polar surface area (TPSA) is 50.3 Å². The molecule has 2 heterocycles. The van der Waals surface area contributed by atoms with Crippen molar-refractivity contribution >= 4 is 5.82 Å². The molecule has 1 aliphatic heterocycles. The highest BCUT2D eigenvalue weighted by Crippen LogP contribution is 2.22. The SMILES string of the molecule is CCOc1cc(N2CCNCC(C)(F)C2)nc(C)n1. The molecular weight excluding hydrogens is 247 g/mol. The lowest BCUT2D eigenvalue weighted by atomic mass is 10.1. The lowest BCUT2D eigenvalue weighted by Crippen LogP contribution is -2.40. The van der Waals surface area contributed by atoms with Gasteiger partial charge in [-0.25, -0.2) is 9.37 Å². The summed E-state index contributed by atoms with van der Waals surface area (Å²) in [6.07, 6.45) is 0. The molecule has 0 aliphatic carbocycles. The highest BCUT2D eigenvalue weighted by atomic mass is 19.1. The van der Waals surface area contributed by atoms with Crippen LogP contribution in [0.5, 0.6) is 5.88 Å². The van der Waals surface area contributed by atoms with E-state index in [1.807, 2.05) is 18.7 Å². The van der Waals surface area contributed by atoms with Gasteiger partial charge in [0.15, 0.2) is 0 Å². The van der Waals surface area contributed by atoms with E-state index in [9.17, 15) is 4.39 Å². The molecule has 106 valence electrons. The first-order valence-electron chi connectivity index (χ1n) is 6.63. The van der Waals surface area contributed by atoms with E-state index in [0.717, 1.165) is 18.9 Å². The van der Waals surface area contributed by atoms with Crippen LogP contribution in [0.1, 0.15) is 19.7 Å². The van der Waals surface area contributed by atoms with Crippen LogP contribution >= 0.6 is 0 Å². The van der Waals surface area contributed by atoms with E-state index in [-0.39, 0.29) is 0 Å². The molecule has 1 fully saturated rings. The van der Waals surface area contributed by atoms with Crippen molar-refractivity contribution in [3.63, 3.8) is 0 Å². The number of nitrogens with zero attached hydrogens (tertiary/aromatic N) is 3. The average Bonchev–Trinajstić information content (AvgIpc) is 2.50. The molecule has 1 N–H and O–H groups in total. The van der Waals surface area contributed by atoms with Crippen LogP contribution in [0.2, 0.25) is 0 Å². The third kappa shape index (κ3) is 3.76. The number of rotatable bonds is 3. The summed E-state index contributed by atoms with van der Waals surface area (Å²) in [7, 11) is 0. The second-order valence-electron chi connectivity index (χ2n) is 5.06. The van der Waals surface area contributed by atoms with Gasteiger partial charge in [0.2, 0.25) is 5.88 Å². The molecule has 1 saturated heterocycles. The van der Waals surface area contributed by atoms with Crippen LogP contribution in [-0.2, 0) is 0 Å². The van der Waals surface area contributed by atoms with Crippen molar-refractivity contribution in [1.82, 2.24) is 15.3 Å². The van der Waals surface area contributed by atoms with Crippen molar-refractivity contribution in [2.45, 2.75) is 26.4 Å². The largest absolute Gasteiger partial charge is 0.478 e. The summed E-state index contributed by atoms with van der Waals surface area (Å²) in [5.74, 6) is 1.91. The first kappa shape index (κ1) is 14.0. The molecule has 0 bridgehead atoms. The second kappa shape index (κ2) is 5.69. The van der Waals surface area contributed by atoms with Crippen LogP contribution < -0.4 is 15.0 Å². The number of aryl methyl sites for hydroxylation is 1. The van der Waals surface area contributed by atoms with Gasteiger partial charge in [-0.05, 0) is 20.8 Å². The molecule has 5 nitrogen and oxygen atoms in total. The number of hydrogen-bond donors (Lipinski definition) is 1. The predicted molar refractivity (Wildman–Crippen MR) is 72.5 cm³/mol. The number of anilines is 1. The van der Waals surface area contributed by atoms with Crippen LogP contribution in [0.4, 0.5) is 10.2 Å². The number of halogens is 1. The minimum Gasteiger partial charge on any atom is -0.478 e. The summed E-state index contributed by atoms with van der Waals surface area (Å²) in [5, 5.41) is 3.10. The number of aromatic nitrogens is 2. The molecule has 1 aromatic heterocycles. The molecule has 0 spiro atoms. The number of hydrogen-bond acceptors (Lipinski definition) is 5. The first-order valence-corrected chi connectivity index (χ1v) is 6.63. The van der Waals surface area contributed by atoms with Gasteiger partial charge in [-0.2, -0.15) is 4.98 Å². The quantitative estimate of drug-likeness (QED) is 0.896. The van der Waals surface area contributed by atoms with Gasteiger partial charge in [-0.15, -0.1) is 0 Å². The Morgan fingerprint density at radius 3 is 3.05 bits per heavy atom. The highest BCUT2D eigenvalue weighted by molar-refractivity contribution is 5.42. The Hall–Kier alpha value is -1.43. The van der Waals surface area contributed by atoms with Gasteiger partial charge < -0.3 is 15.0 Å². The van der Waals surface area contributed by atoms with E-state index >= 15 is 0 Å². The molecule has 1 unspecified atom stereocenters. The van der Waals surface area contributed by atoms with Gasteiger partial charge in [-0.3, -0.25) is 0 Å². The minimum atomic E-state index is -1.26. The second-order valence-corrected chi connectivity index (χ2v) is 5.06. The Labute approximate surface area is 113 Å². The molecule has 1 aliphatic rings. The first-order chi connectivity index (χ1) is 9.00. The van der Waals surface area contributed by atoms with Crippen molar-refractivity contribution < 1.29 is 9.13 Å². The van der Waals surface area contributed by atoms with Gasteiger partial charge in [0.1, 0.15) is 17.3 Å². The van der Waals surface area contributed by atoms with Gasteiger partial charge >= 0.3 is 0 Å². The van der Waals surface area contributed by atoms with Crippen LogP contribution in [0.15, 0.2) is 6.07 Å². The van der Waals surface area contributed by atoms with Crippen LogP contribution in [-0.4, -0.2) is 48.4 Å². The lowest BCUT2D eigenvalue weighted by molar-refractivity contribution is 0.201. The maximum absolute atomic E-state index is 14.2. The molecule has 19 heavy (non-hydrogen) atoms. The van der Waals surface area contributed by atoms with Crippen molar-refractivity contribution in [2.24, 2.45) is 0 Å². The standard InChI is InChI=1S/C13H21FN4O/c1-4-19-12-7-11(16-10(2)17-12)18-6-5-15-8-13(3,14)9-18/h7,15H,4-6,8-9H2,1-3H3. The van der Waals surface area contributed by atoms with Gasteiger partial charge in [0.25, 0.3) is 0 Å². The van der Waals surface area contributed by atoms with Crippen molar-refractivity contribution in [2.75, 3.05) is 37.7 Å². The Balaban J connectivity index is 2.24. The third-order valence-electron chi connectivity index (χ3n) is 2.99. The summed E-state index contributed by atoms with van der Waals surface area (Å²) in [4.78, 5) is 10.5. The molecular formula is C13H21FN4O. The van der Waals surface area contributed by atoms with E-state index in [1.54, 1.807) is 13.0 Å². The summed E-state index contributed by atoms with van der Waals surface area (Å²) >= 11 is 0. The van der Waals surface area contributed by atoms with E-state index in [2.05, 4.69) is 15.3 Å². The number of alkyl halides is 1. The Morgan fingerprint density at radius 2 is 2.32 bits per heavy atom. The summed E-state index contributed by atoms with van der Waals surface area (Å²) in [5.41, 5.74) is -1.26. The van der Waals surface area contributed by atoms with Gasteiger partial charge in [0, 0.05) is 25.7 Å². The minimum absolute atomic E-state index is 0.321. The monoisotopic (exact) mass is 268 g/mol. The van der Waals surface area contributed by atoms with E-state index in [0.29, 0.717) is 31.4 Å². The summed E-state index contributed by atoms with van der Waals surface area (Å²) in [6, 6.07) is 1.78. The fourth-order valence-electron chi connectivity index (χ4n) is 2.20. The molecule has 6 heteroatoms. The molecule has 0 aromatic carbocycles. The molecule has 0 radical (unpaired) electrons. The number of nitrogens with one attached hydrogen (secondary N) is 1. The predicted octanol–water partition coefficient (Wildman–Crippen LogP) is 1.32. The van der Waals surface area contributed by atoms with Crippen molar-refractivity contribution in [3.05, 3.63) is 11.9 Å². The fourth-order valence-corrected chi connectivity index (χ4v) is 2.20. The highest BCUT2D eigenvalue weighted by Gasteiger charge is 2.29. The normalized spacial score (nSPS) is 24.1. The molecule has 1 aromatic rings. The Morgan fingerprint density at radius 1 is 1.53 bits per heavy atom. The fraction of sp³-hybridized carbons (Fsp3) is 0.692. The average molecular weight is 268 g/mol. The number of ether oxygens (including phenoxy) is 1. The zero-order chi connectivity index (χ0) is 13.9. The lowest BCUT2D eigenvalue weighted by Gasteiger charge is -2.27. The van der Waals surface area contributed by atoms with Crippen LogP contribution in [0.25, 0.3) is 0 Å². The zero-order valence-corrected chi connectivity index (χ0v) is 11.7. The van der Waals surface area contributed by atoms with Crippen LogP contribution in [0.3, 0.4) is 0 Å². The maximum Gasteiger partial charge on any atom is 0.218 e. The smallest absolute Gasteiger partial charge is 0.218 e. The van der Waals surface area contributed by atoms with Gasteiger partial charge in [-0.1, -0.05) is 0 Å². The van der Waals surface area contributed by atoms with Gasteiger partial charge in [0.05, 0.1) is 13.2 Å². The molecule has 1 atom stereocenters. The molecule has 2 rings (SSSR count). The molecule has 0 amide bonds. The summed E-state index contributed by atoms with van der Waals surface area (Å²) < 4.78 is 19.7.